The first-order chi connectivity index (χ1) is 18.4. The van der Waals surface area contributed by atoms with Crippen LogP contribution in [0.3, 0.4) is 0 Å². The summed E-state index contributed by atoms with van der Waals surface area (Å²) in [5.74, 6) is -3.13. The number of allylic oxidation sites excluding steroid dienone is 1. The topological polar surface area (TPSA) is 125 Å². The zero-order valence-corrected chi connectivity index (χ0v) is 24.7. The number of halogens is 1. The Morgan fingerprint density at radius 2 is 1.87 bits per heavy atom. The summed E-state index contributed by atoms with van der Waals surface area (Å²) in [6.45, 7) is 8.32. The van der Waals surface area contributed by atoms with Gasteiger partial charge in [0.1, 0.15) is 29.8 Å². The number of carbonyl (C=O) groups excluding carboxylic acids is 4. The number of cyclic esters (lactones) is 1. The summed E-state index contributed by atoms with van der Waals surface area (Å²) >= 11 is 3.55. The third-order valence-electron chi connectivity index (χ3n) is 7.96. The molecule has 0 radical (unpaired) electrons. The Balaban J connectivity index is 1.78. The van der Waals surface area contributed by atoms with Crippen molar-refractivity contribution >= 4 is 39.6 Å². The number of nitrogens with zero attached hydrogens (tertiary/aromatic N) is 2. The first-order valence-corrected chi connectivity index (χ1v) is 14.6. The van der Waals surface area contributed by atoms with Gasteiger partial charge in [-0.05, 0) is 59.5 Å². The summed E-state index contributed by atoms with van der Waals surface area (Å²) in [7, 11) is 0. The predicted octanol–water partition coefficient (Wildman–Crippen LogP) is 2.05. The molecule has 4 rings (SSSR count). The van der Waals surface area contributed by atoms with E-state index in [0.717, 1.165) is 0 Å². The van der Waals surface area contributed by atoms with Gasteiger partial charge in [-0.25, -0.2) is 0 Å². The number of aliphatic hydroxyl groups excluding tert-OH is 1. The third kappa shape index (κ3) is 5.67. The summed E-state index contributed by atoms with van der Waals surface area (Å²) in [4.78, 5) is 57.6. The number of ether oxygens (including phenoxy) is 2. The van der Waals surface area contributed by atoms with E-state index in [-0.39, 0.29) is 37.3 Å². The fraction of sp³-hybridized carbons (Fsp3) is 0.714. The molecule has 6 atom stereocenters. The van der Waals surface area contributed by atoms with Crippen molar-refractivity contribution in [3.8, 4) is 0 Å². The molecule has 10 nitrogen and oxygen atoms in total. The maximum Gasteiger partial charge on any atom is 0.313 e. The number of rotatable bonds is 5. The van der Waals surface area contributed by atoms with Crippen molar-refractivity contribution in [2.45, 2.75) is 89.2 Å². The molecule has 4 heterocycles. The van der Waals surface area contributed by atoms with Crippen molar-refractivity contribution < 1.29 is 33.8 Å². The van der Waals surface area contributed by atoms with Crippen LogP contribution in [0.2, 0.25) is 0 Å². The lowest BCUT2D eigenvalue weighted by Crippen LogP contribution is -2.59. The maximum atomic E-state index is 14.5. The van der Waals surface area contributed by atoms with Crippen LogP contribution in [0.5, 0.6) is 0 Å². The number of unbranched alkanes of at least 4 members (excludes halogenated alkanes) is 2. The molecule has 0 aromatic rings. The number of likely N-dealkylation sites (tertiary alicyclic amines) is 1. The molecule has 5 bridgehead atoms. The molecule has 11 heteroatoms. The van der Waals surface area contributed by atoms with Crippen LogP contribution in [0.15, 0.2) is 22.7 Å². The summed E-state index contributed by atoms with van der Waals surface area (Å²) in [6, 6.07) is -0.955. The Bertz CT molecular complexity index is 1050. The Labute approximate surface area is 238 Å². The van der Waals surface area contributed by atoms with Gasteiger partial charge >= 0.3 is 5.97 Å². The number of esters is 1. The van der Waals surface area contributed by atoms with Crippen molar-refractivity contribution in [3.63, 3.8) is 0 Å². The molecule has 4 aliphatic heterocycles. The van der Waals surface area contributed by atoms with Gasteiger partial charge in [0, 0.05) is 36.1 Å². The Morgan fingerprint density at radius 1 is 1.13 bits per heavy atom. The van der Waals surface area contributed by atoms with Crippen molar-refractivity contribution in [2.75, 3.05) is 26.2 Å². The van der Waals surface area contributed by atoms with Gasteiger partial charge in [0.15, 0.2) is 0 Å². The van der Waals surface area contributed by atoms with Crippen LogP contribution < -0.4 is 5.32 Å². The average molecular weight is 611 g/mol. The fourth-order valence-electron chi connectivity index (χ4n) is 6.10. The normalized spacial score (nSPS) is 34.6. The van der Waals surface area contributed by atoms with Crippen molar-refractivity contribution in [3.05, 3.63) is 22.7 Å². The average Bonchev–Trinajstić information content (AvgIpc) is 3.44. The molecule has 1 spiro atoms. The molecule has 0 aliphatic carbocycles. The van der Waals surface area contributed by atoms with E-state index < -0.39 is 47.2 Å². The number of nitrogens with one attached hydrogen (secondary N) is 1. The SMILES string of the molecule is C[C@@H]1CNC(=O)CC/C=C\CN(C(C)(C)C)C(=O)[C@@H]2N(CCCCCO)C(=O)[C@H]3[C@H](C(=O)O1)[C@H]1O[C@@]23C=C1Br. The standard InChI is InChI=1S/C28H40BrN3O7/c1-17-16-30-19(34)11-7-5-9-13-32(27(2,3)4)25(36)23-28-15-18(29)22(39-28)20(26(37)38-17)21(28)24(35)31(23)12-8-6-10-14-33/h5,9,15,17,20-23,33H,6-8,10-14,16H2,1-4H3,(H,30,34)/b9-5-/t17-,20+,21-,22+,23+,28-/m1/s1. The van der Waals surface area contributed by atoms with Gasteiger partial charge in [0.05, 0.1) is 12.5 Å². The second kappa shape index (κ2) is 11.7. The van der Waals surface area contributed by atoms with E-state index in [1.54, 1.807) is 22.8 Å². The maximum absolute atomic E-state index is 14.5. The molecular formula is C28H40BrN3O7. The zero-order valence-electron chi connectivity index (χ0n) is 23.2. The molecule has 4 aliphatic rings. The Morgan fingerprint density at radius 3 is 2.56 bits per heavy atom. The predicted molar refractivity (Wildman–Crippen MR) is 146 cm³/mol. The highest BCUT2D eigenvalue weighted by Gasteiger charge is 2.75. The molecule has 0 aromatic carbocycles. The van der Waals surface area contributed by atoms with E-state index in [1.807, 2.05) is 32.9 Å². The van der Waals surface area contributed by atoms with Gasteiger partial charge in [-0.1, -0.05) is 28.1 Å². The van der Waals surface area contributed by atoms with E-state index in [2.05, 4.69) is 21.2 Å². The molecule has 2 N–H and O–H groups in total. The number of hydrogen-bond acceptors (Lipinski definition) is 7. The fourth-order valence-corrected chi connectivity index (χ4v) is 6.83. The van der Waals surface area contributed by atoms with Crippen molar-refractivity contribution in [1.29, 1.82) is 0 Å². The van der Waals surface area contributed by atoms with Crippen LogP contribution in [0.1, 0.15) is 59.8 Å². The van der Waals surface area contributed by atoms with E-state index in [1.165, 1.54) is 0 Å². The van der Waals surface area contributed by atoms with Gasteiger partial charge in [-0.3, -0.25) is 19.2 Å². The van der Waals surface area contributed by atoms with Gasteiger partial charge < -0.3 is 29.7 Å². The Hall–Kier alpha value is -2.24. The largest absolute Gasteiger partial charge is 0.460 e. The lowest BCUT2D eigenvalue weighted by atomic mass is 9.74. The summed E-state index contributed by atoms with van der Waals surface area (Å²) in [5.41, 5.74) is -1.88. The highest BCUT2D eigenvalue weighted by Crippen LogP contribution is 2.59. The van der Waals surface area contributed by atoms with Crippen molar-refractivity contribution in [1.82, 2.24) is 15.1 Å². The molecule has 2 saturated heterocycles. The molecule has 39 heavy (non-hydrogen) atoms. The summed E-state index contributed by atoms with van der Waals surface area (Å²) in [5, 5.41) is 12.0. The minimum atomic E-state index is -1.31. The lowest BCUT2D eigenvalue weighted by Gasteiger charge is -2.41. The van der Waals surface area contributed by atoms with Gasteiger partial charge in [-0.2, -0.15) is 0 Å². The minimum absolute atomic E-state index is 0.0556. The molecule has 2 fully saturated rings. The molecule has 0 aromatic heterocycles. The summed E-state index contributed by atoms with van der Waals surface area (Å²) < 4.78 is 12.8. The van der Waals surface area contributed by atoms with Crippen molar-refractivity contribution in [2.24, 2.45) is 11.8 Å². The number of hydrogen-bond donors (Lipinski definition) is 2. The molecule has 216 valence electrons. The smallest absolute Gasteiger partial charge is 0.313 e. The van der Waals surface area contributed by atoms with Crippen LogP contribution in [-0.2, 0) is 28.7 Å². The van der Waals surface area contributed by atoms with Gasteiger partial charge in [0.25, 0.3) is 0 Å². The molecule has 0 saturated carbocycles. The minimum Gasteiger partial charge on any atom is -0.460 e. The van der Waals surface area contributed by atoms with Gasteiger partial charge in [0.2, 0.25) is 17.7 Å². The van der Waals surface area contributed by atoms with Crippen LogP contribution in [-0.4, -0.2) is 94.2 Å². The highest BCUT2D eigenvalue weighted by molar-refractivity contribution is 9.11. The van der Waals surface area contributed by atoms with E-state index in [9.17, 15) is 24.3 Å². The van der Waals surface area contributed by atoms with Gasteiger partial charge in [-0.15, -0.1) is 0 Å². The van der Waals surface area contributed by atoms with Crippen LogP contribution in [0.4, 0.5) is 0 Å². The monoisotopic (exact) mass is 609 g/mol. The number of amides is 3. The van der Waals surface area contributed by atoms with Crippen LogP contribution >= 0.6 is 15.9 Å². The lowest BCUT2D eigenvalue weighted by molar-refractivity contribution is -0.158. The zero-order chi connectivity index (χ0) is 28.5. The molecule has 3 amide bonds. The first-order valence-electron chi connectivity index (χ1n) is 13.8. The van der Waals surface area contributed by atoms with Crippen LogP contribution in [0, 0.1) is 11.8 Å². The third-order valence-corrected chi connectivity index (χ3v) is 8.64. The highest BCUT2D eigenvalue weighted by atomic mass is 79.9. The second-order valence-electron chi connectivity index (χ2n) is 11.8. The van der Waals surface area contributed by atoms with E-state index >= 15 is 0 Å². The second-order valence-corrected chi connectivity index (χ2v) is 12.7. The molecular weight excluding hydrogens is 570 g/mol. The quantitative estimate of drug-likeness (QED) is 0.277. The number of fused-ring (bicyclic) bond motifs is 2. The number of carbonyl (C=O) groups is 4. The molecule has 0 unspecified atom stereocenters. The van der Waals surface area contributed by atoms with Crippen LogP contribution in [0.25, 0.3) is 0 Å². The number of aliphatic hydroxyl groups is 1. The summed E-state index contributed by atoms with van der Waals surface area (Å²) in [6.07, 6.45) is 6.90. The van der Waals surface area contributed by atoms with E-state index in [0.29, 0.717) is 43.3 Å². The Kier molecular flexibility index (Phi) is 8.92. The van der Waals surface area contributed by atoms with E-state index in [4.69, 9.17) is 9.47 Å². The first kappa shape index (κ1) is 29.7.